The fourth-order valence-electron chi connectivity index (χ4n) is 1.26. The van der Waals surface area contributed by atoms with Crippen molar-refractivity contribution in [1.29, 1.82) is 0 Å². The standard InChI is InChI=1S/C9H10F3NO/c1-5-6(2)8(14)13(3)4-7(5)9(10,11)12/h4H,1-3H3. The highest BCUT2D eigenvalue weighted by Crippen LogP contribution is 2.31. The Hall–Kier alpha value is -1.26. The first-order valence-electron chi connectivity index (χ1n) is 3.99. The van der Waals surface area contributed by atoms with Gasteiger partial charge in [-0.25, -0.2) is 0 Å². The molecule has 0 aliphatic heterocycles. The SMILES string of the molecule is Cc1c(C(F)(F)F)cn(C)c(=O)c1C. The van der Waals surface area contributed by atoms with Crippen LogP contribution in [-0.4, -0.2) is 4.57 Å². The van der Waals surface area contributed by atoms with Crippen LogP contribution in [0.15, 0.2) is 11.0 Å². The van der Waals surface area contributed by atoms with E-state index in [1.807, 2.05) is 0 Å². The monoisotopic (exact) mass is 205 g/mol. The summed E-state index contributed by atoms with van der Waals surface area (Å²) in [7, 11) is 1.31. The number of rotatable bonds is 0. The van der Waals surface area contributed by atoms with Gasteiger partial charge < -0.3 is 4.57 Å². The predicted molar refractivity (Wildman–Crippen MR) is 46.2 cm³/mol. The molecule has 2 nitrogen and oxygen atoms in total. The van der Waals surface area contributed by atoms with Gasteiger partial charge in [0.25, 0.3) is 5.56 Å². The van der Waals surface area contributed by atoms with Crippen LogP contribution >= 0.6 is 0 Å². The highest BCUT2D eigenvalue weighted by Gasteiger charge is 2.33. The lowest BCUT2D eigenvalue weighted by atomic mass is 10.1. The molecule has 0 unspecified atom stereocenters. The van der Waals surface area contributed by atoms with E-state index in [0.29, 0.717) is 0 Å². The van der Waals surface area contributed by atoms with Crippen LogP contribution in [0.3, 0.4) is 0 Å². The van der Waals surface area contributed by atoms with Gasteiger partial charge in [0.1, 0.15) is 0 Å². The maximum atomic E-state index is 12.4. The molecule has 0 amide bonds. The van der Waals surface area contributed by atoms with Crippen LogP contribution in [0.2, 0.25) is 0 Å². The number of hydrogen-bond acceptors (Lipinski definition) is 1. The summed E-state index contributed by atoms with van der Waals surface area (Å²) < 4.78 is 38.2. The second-order valence-corrected chi connectivity index (χ2v) is 3.21. The molecule has 1 rings (SSSR count). The Balaban J connectivity index is 3.57. The first-order valence-corrected chi connectivity index (χ1v) is 3.99. The maximum absolute atomic E-state index is 12.4. The second-order valence-electron chi connectivity index (χ2n) is 3.21. The van der Waals surface area contributed by atoms with E-state index in [9.17, 15) is 18.0 Å². The lowest BCUT2D eigenvalue weighted by Crippen LogP contribution is -2.24. The normalized spacial score (nSPS) is 11.9. The Morgan fingerprint density at radius 2 is 1.71 bits per heavy atom. The van der Waals surface area contributed by atoms with Gasteiger partial charge in [-0.15, -0.1) is 0 Å². The van der Waals surface area contributed by atoms with Crippen LogP contribution in [0.5, 0.6) is 0 Å². The van der Waals surface area contributed by atoms with Crippen LogP contribution in [0.1, 0.15) is 16.7 Å². The Morgan fingerprint density at radius 3 is 2.14 bits per heavy atom. The highest BCUT2D eigenvalue weighted by atomic mass is 19.4. The summed E-state index contributed by atoms with van der Waals surface area (Å²) >= 11 is 0. The van der Waals surface area contributed by atoms with Crippen LogP contribution in [0, 0.1) is 13.8 Å². The van der Waals surface area contributed by atoms with Gasteiger partial charge in [0.2, 0.25) is 0 Å². The van der Waals surface area contributed by atoms with Gasteiger partial charge >= 0.3 is 6.18 Å². The summed E-state index contributed by atoms with van der Waals surface area (Å²) in [6, 6.07) is 0. The molecule has 0 aliphatic carbocycles. The van der Waals surface area contributed by atoms with Crippen molar-refractivity contribution in [3.05, 3.63) is 33.2 Å². The molecule has 78 valence electrons. The van der Waals surface area contributed by atoms with Crippen LogP contribution < -0.4 is 5.56 Å². The largest absolute Gasteiger partial charge is 0.418 e. The van der Waals surface area contributed by atoms with E-state index in [1.165, 1.54) is 20.9 Å². The zero-order chi connectivity index (χ0) is 11.1. The van der Waals surface area contributed by atoms with Crippen molar-refractivity contribution in [3.63, 3.8) is 0 Å². The average Bonchev–Trinajstić information content (AvgIpc) is 2.06. The number of hydrogen-bond donors (Lipinski definition) is 0. The molecule has 14 heavy (non-hydrogen) atoms. The van der Waals surface area contributed by atoms with Crippen molar-refractivity contribution >= 4 is 0 Å². The van der Waals surface area contributed by atoms with Crippen molar-refractivity contribution in [3.8, 4) is 0 Å². The molecular formula is C9H10F3NO. The molecule has 0 aromatic carbocycles. The Labute approximate surface area is 79.0 Å². The van der Waals surface area contributed by atoms with Gasteiger partial charge in [0.05, 0.1) is 5.56 Å². The van der Waals surface area contributed by atoms with Crippen molar-refractivity contribution in [1.82, 2.24) is 4.57 Å². The minimum atomic E-state index is -4.40. The van der Waals surface area contributed by atoms with Crippen LogP contribution in [0.4, 0.5) is 13.2 Å². The molecule has 1 heterocycles. The summed E-state index contributed by atoms with van der Waals surface area (Å²) in [4.78, 5) is 11.3. The molecule has 0 saturated heterocycles. The second kappa shape index (κ2) is 3.15. The average molecular weight is 205 g/mol. The summed E-state index contributed by atoms with van der Waals surface area (Å²) in [6.07, 6.45) is -3.58. The first-order chi connectivity index (χ1) is 6.25. The molecule has 0 saturated carbocycles. The van der Waals surface area contributed by atoms with E-state index in [1.54, 1.807) is 0 Å². The zero-order valence-electron chi connectivity index (χ0n) is 8.07. The third-order valence-corrected chi connectivity index (χ3v) is 2.24. The number of pyridine rings is 1. The van der Waals surface area contributed by atoms with Gasteiger partial charge in [0, 0.05) is 18.8 Å². The number of aromatic nitrogens is 1. The van der Waals surface area contributed by atoms with Crippen molar-refractivity contribution < 1.29 is 13.2 Å². The molecule has 0 N–H and O–H groups in total. The minimum absolute atomic E-state index is 0.000556. The summed E-state index contributed by atoms with van der Waals surface area (Å²) in [5, 5.41) is 0. The van der Waals surface area contributed by atoms with Crippen LogP contribution in [-0.2, 0) is 13.2 Å². The maximum Gasteiger partial charge on any atom is 0.418 e. The number of nitrogens with zero attached hydrogens (tertiary/aromatic N) is 1. The number of halogens is 3. The lowest BCUT2D eigenvalue weighted by Gasteiger charge is -2.13. The quantitative estimate of drug-likeness (QED) is 0.635. The Morgan fingerprint density at radius 1 is 1.21 bits per heavy atom. The van der Waals surface area contributed by atoms with E-state index in [-0.39, 0.29) is 11.1 Å². The minimum Gasteiger partial charge on any atom is -0.318 e. The number of alkyl halides is 3. The third kappa shape index (κ3) is 1.66. The fraction of sp³-hybridized carbons (Fsp3) is 0.444. The van der Waals surface area contributed by atoms with Gasteiger partial charge in [-0.2, -0.15) is 13.2 Å². The topological polar surface area (TPSA) is 22.0 Å². The van der Waals surface area contributed by atoms with Gasteiger partial charge in [-0.1, -0.05) is 0 Å². The molecule has 0 aliphatic rings. The fourth-order valence-corrected chi connectivity index (χ4v) is 1.26. The lowest BCUT2D eigenvalue weighted by molar-refractivity contribution is -0.138. The molecular weight excluding hydrogens is 195 g/mol. The molecule has 0 fully saturated rings. The molecule has 1 aromatic rings. The molecule has 0 spiro atoms. The highest BCUT2D eigenvalue weighted by molar-refractivity contribution is 5.32. The van der Waals surface area contributed by atoms with E-state index in [4.69, 9.17) is 0 Å². The Kier molecular flexibility index (Phi) is 2.43. The molecule has 0 radical (unpaired) electrons. The van der Waals surface area contributed by atoms with Gasteiger partial charge in [-0.05, 0) is 19.4 Å². The summed E-state index contributed by atoms with van der Waals surface area (Å²) in [6.45, 7) is 2.70. The number of aryl methyl sites for hydroxylation is 1. The molecule has 5 heteroatoms. The van der Waals surface area contributed by atoms with Crippen molar-refractivity contribution in [2.45, 2.75) is 20.0 Å². The van der Waals surface area contributed by atoms with Crippen molar-refractivity contribution in [2.24, 2.45) is 7.05 Å². The molecule has 0 atom stereocenters. The summed E-state index contributed by atoms with van der Waals surface area (Å²) in [5.74, 6) is 0. The van der Waals surface area contributed by atoms with E-state index >= 15 is 0 Å². The molecule has 0 bridgehead atoms. The smallest absolute Gasteiger partial charge is 0.318 e. The third-order valence-electron chi connectivity index (χ3n) is 2.24. The predicted octanol–water partition coefficient (Wildman–Crippen LogP) is 2.02. The van der Waals surface area contributed by atoms with Crippen LogP contribution in [0.25, 0.3) is 0 Å². The molecule has 1 aromatic heterocycles. The zero-order valence-corrected chi connectivity index (χ0v) is 8.07. The summed E-state index contributed by atoms with van der Waals surface area (Å²) in [5.41, 5.74) is -1.00. The van der Waals surface area contributed by atoms with Crippen molar-refractivity contribution in [2.75, 3.05) is 0 Å². The van der Waals surface area contributed by atoms with E-state index < -0.39 is 17.3 Å². The first kappa shape index (κ1) is 10.8. The van der Waals surface area contributed by atoms with Gasteiger partial charge in [-0.3, -0.25) is 4.79 Å². The van der Waals surface area contributed by atoms with E-state index in [0.717, 1.165) is 10.8 Å². The van der Waals surface area contributed by atoms with E-state index in [2.05, 4.69) is 0 Å². The Bertz CT molecular complexity index is 417. The van der Waals surface area contributed by atoms with Gasteiger partial charge in [0.15, 0.2) is 0 Å².